The summed E-state index contributed by atoms with van der Waals surface area (Å²) in [5.41, 5.74) is 1.98. The minimum Gasteiger partial charge on any atom is -0.339 e. The molecule has 1 atom stereocenters. The Morgan fingerprint density at radius 1 is 0.912 bits per heavy atom. The van der Waals surface area contributed by atoms with Gasteiger partial charge in [-0.15, -0.1) is 0 Å². The molecule has 34 heavy (non-hydrogen) atoms. The standard InChI is InChI=1S/C25H31N3O5S/c1-4-6-22(29)27-13-15-28(16-14-27)25(31)24(26-23(30)20-8-5-7-19(3)17-20)34(32,33)21-11-9-18(2)10-12-21/h5,7-12,17,24H,4,6,13-16H2,1-3H3,(H,26,30). The minimum atomic E-state index is -4.22. The molecule has 1 aliphatic heterocycles. The highest BCUT2D eigenvalue weighted by Crippen LogP contribution is 2.19. The van der Waals surface area contributed by atoms with E-state index in [1.54, 1.807) is 35.2 Å². The topological polar surface area (TPSA) is 104 Å². The van der Waals surface area contributed by atoms with Gasteiger partial charge in [-0.25, -0.2) is 8.42 Å². The fourth-order valence-corrected chi connectivity index (χ4v) is 5.30. The summed E-state index contributed by atoms with van der Waals surface area (Å²) in [6, 6.07) is 12.9. The summed E-state index contributed by atoms with van der Waals surface area (Å²) in [5.74, 6) is -1.33. The van der Waals surface area contributed by atoms with Crippen LogP contribution in [0.4, 0.5) is 0 Å². The van der Waals surface area contributed by atoms with Crippen LogP contribution in [0.2, 0.25) is 0 Å². The molecule has 8 nitrogen and oxygen atoms in total. The maximum absolute atomic E-state index is 13.5. The molecule has 0 radical (unpaired) electrons. The number of carbonyl (C=O) groups is 3. The Morgan fingerprint density at radius 2 is 1.53 bits per heavy atom. The zero-order valence-electron chi connectivity index (χ0n) is 19.8. The Kier molecular flexibility index (Phi) is 8.09. The second kappa shape index (κ2) is 10.8. The molecule has 2 aromatic rings. The quantitative estimate of drug-likeness (QED) is 0.648. The maximum Gasteiger partial charge on any atom is 0.261 e. The summed E-state index contributed by atoms with van der Waals surface area (Å²) in [6.07, 6.45) is 1.17. The van der Waals surface area contributed by atoms with Crippen LogP contribution in [0.15, 0.2) is 53.4 Å². The normalized spacial score (nSPS) is 15.0. The summed E-state index contributed by atoms with van der Waals surface area (Å²) >= 11 is 0. The van der Waals surface area contributed by atoms with Crippen molar-refractivity contribution in [3.63, 3.8) is 0 Å². The molecular weight excluding hydrogens is 454 g/mol. The van der Waals surface area contributed by atoms with Crippen molar-refractivity contribution in [2.75, 3.05) is 26.2 Å². The zero-order valence-corrected chi connectivity index (χ0v) is 20.6. The number of carbonyl (C=O) groups excluding carboxylic acids is 3. The summed E-state index contributed by atoms with van der Waals surface area (Å²) in [4.78, 5) is 41.6. The van der Waals surface area contributed by atoms with E-state index in [9.17, 15) is 22.8 Å². The van der Waals surface area contributed by atoms with E-state index in [-0.39, 0.29) is 29.5 Å². The molecule has 1 unspecified atom stereocenters. The van der Waals surface area contributed by atoms with Crippen molar-refractivity contribution < 1.29 is 22.8 Å². The number of hydrogen-bond acceptors (Lipinski definition) is 5. The molecule has 9 heteroatoms. The summed E-state index contributed by atoms with van der Waals surface area (Å²) in [7, 11) is -4.22. The van der Waals surface area contributed by atoms with Crippen LogP contribution >= 0.6 is 0 Å². The number of aryl methyl sites for hydroxylation is 2. The molecule has 0 spiro atoms. The molecule has 1 heterocycles. The van der Waals surface area contributed by atoms with Crippen LogP contribution in [0, 0.1) is 13.8 Å². The van der Waals surface area contributed by atoms with Crippen molar-refractivity contribution in [2.24, 2.45) is 0 Å². The second-order valence-corrected chi connectivity index (χ2v) is 10.6. The van der Waals surface area contributed by atoms with Crippen molar-refractivity contribution in [1.29, 1.82) is 0 Å². The molecular formula is C25H31N3O5S. The van der Waals surface area contributed by atoms with E-state index >= 15 is 0 Å². The minimum absolute atomic E-state index is 0.0196. The second-order valence-electron chi connectivity index (χ2n) is 8.54. The fourth-order valence-electron chi connectivity index (χ4n) is 3.84. The molecule has 1 fully saturated rings. The number of sulfone groups is 1. The third kappa shape index (κ3) is 5.83. The first-order chi connectivity index (χ1) is 16.1. The average molecular weight is 486 g/mol. The number of benzene rings is 2. The van der Waals surface area contributed by atoms with E-state index in [1.165, 1.54) is 17.0 Å². The van der Waals surface area contributed by atoms with Gasteiger partial charge in [0.2, 0.25) is 21.1 Å². The average Bonchev–Trinajstić information content (AvgIpc) is 2.82. The highest BCUT2D eigenvalue weighted by Gasteiger charge is 2.39. The van der Waals surface area contributed by atoms with E-state index in [2.05, 4.69) is 5.32 Å². The number of nitrogens with one attached hydrogen (secondary N) is 1. The summed E-state index contributed by atoms with van der Waals surface area (Å²) < 4.78 is 27.0. The molecule has 182 valence electrons. The smallest absolute Gasteiger partial charge is 0.261 e. The third-order valence-corrected chi connectivity index (χ3v) is 7.70. The first-order valence-corrected chi connectivity index (χ1v) is 12.9. The molecule has 1 N–H and O–H groups in total. The predicted molar refractivity (Wildman–Crippen MR) is 129 cm³/mol. The Labute approximate surface area is 200 Å². The van der Waals surface area contributed by atoms with Gasteiger partial charge >= 0.3 is 0 Å². The number of rotatable bonds is 7. The van der Waals surface area contributed by atoms with E-state index in [1.807, 2.05) is 26.8 Å². The van der Waals surface area contributed by atoms with Crippen molar-refractivity contribution >= 4 is 27.6 Å². The van der Waals surface area contributed by atoms with Gasteiger partial charge in [0.25, 0.3) is 11.8 Å². The third-order valence-electron chi connectivity index (χ3n) is 5.83. The molecule has 3 rings (SSSR count). The molecule has 2 aromatic carbocycles. The largest absolute Gasteiger partial charge is 0.339 e. The van der Waals surface area contributed by atoms with E-state index in [4.69, 9.17) is 0 Å². The van der Waals surface area contributed by atoms with Gasteiger partial charge < -0.3 is 15.1 Å². The Hall–Kier alpha value is -3.20. The highest BCUT2D eigenvalue weighted by atomic mass is 32.2. The number of nitrogens with zero attached hydrogens (tertiary/aromatic N) is 2. The lowest BCUT2D eigenvalue weighted by molar-refractivity contribution is -0.139. The van der Waals surface area contributed by atoms with Crippen LogP contribution in [0.1, 0.15) is 41.3 Å². The lowest BCUT2D eigenvalue weighted by atomic mass is 10.1. The van der Waals surface area contributed by atoms with Gasteiger partial charge in [0.05, 0.1) is 4.90 Å². The maximum atomic E-state index is 13.5. The fraction of sp³-hybridized carbons (Fsp3) is 0.400. The van der Waals surface area contributed by atoms with Gasteiger partial charge in [-0.1, -0.05) is 42.3 Å². The van der Waals surface area contributed by atoms with Crippen molar-refractivity contribution in [1.82, 2.24) is 15.1 Å². The SMILES string of the molecule is CCCC(=O)N1CCN(C(=O)C(NC(=O)c2cccc(C)c2)S(=O)(=O)c2ccc(C)cc2)CC1. The van der Waals surface area contributed by atoms with Crippen LogP contribution in [0.3, 0.4) is 0 Å². The van der Waals surface area contributed by atoms with Gasteiger partial charge in [-0.3, -0.25) is 14.4 Å². The first kappa shape index (κ1) is 25.4. The zero-order chi connectivity index (χ0) is 24.9. The van der Waals surface area contributed by atoms with Gasteiger partial charge in [0.1, 0.15) is 0 Å². The first-order valence-electron chi connectivity index (χ1n) is 11.4. The molecule has 0 saturated carbocycles. The molecule has 0 bridgehead atoms. The highest BCUT2D eigenvalue weighted by molar-refractivity contribution is 7.92. The van der Waals surface area contributed by atoms with Crippen molar-refractivity contribution in [3.05, 3.63) is 65.2 Å². The van der Waals surface area contributed by atoms with E-state index < -0.39 is 27.0 Å². The predicted octanol–water partition coefficient (Wildman–Crippen LogP) is 2.30. The van der Waals surface area contributed by atoms with Crippen LogP contribution in [-0.2, 0) is 19.4 Å². The Balaban J connectivity index is 1.87. The number of amides is 3. The number of piperazine rings is 1. The molecule has 3 amide bonds. The summed E-state index contributed by atoms with van der Waals surface area (Å²) in [5, 5.41) is 0.690. The van der Waals surface area contributed by atoms with Gasteiger partial charge in [0.15, 0.2) is 0 Å². The van der Waals surface area contributed by atoms with Crippen LogP contribution in [0.25, 0.3) is 0 Å². The van der Waals surface area contributed by atoms with Gasteiger partial charge in [-0.2, -0.15) is 0 Å². The van der Waals surface area contributed by atoms with Crippen LogP contribution in [-0.4, -0.2) is 67.5 Å². The molecule has 1 aliphatic rings. The Bertz CT molecular complexity index is 1150. The number of hydrogen-bond donors (Lipinski definition) is 1. The summed E-state index contributed by atoms with van der Waals surface area (Å²) in [6.45, 7) is 6.64. The van der Waals surface area contributed by atoms with E-state index in [0.717, 1.165) is 17.5 Å². The van der Waals surface area contributed by atoms with Gasteiger partial charge in [-0.05, 0) is 44.5 Å². The lowest BCUT2D eigenvalue weighted by Gasteiger charge is -2.36. The lowest BCUT2D eigenvalue weighted by Crippen LogP contribution is -2.57. The molecule has 0 aliphatic carbocycles. The molecule has 0 aromatic heterocycles. The van der Waals surface area contributed by atoms with Crippen molar-refractivity contribution in [3.8, 4) is 0 Å². The van der Waals surface area contributed by atoms with Gasteiger partial charge in [0, 0.05) is 38.2 Å². The Morgan fingerprint density at radius 3 is 2.12 bits per heavy atom. The van der Waals surface area contributed by atoms with E-state index in [0.29, 0.717) is 19.5 Å². The molecule has 1 saturated heterocycles. The van der Waals surface area contributed by atoms with Crippen LogP contribution in [0.5, 0.6) is 0 Å². The monoisotopic (exact) mass is 485 g/mol. The van der Waals surface area contributed by atoms with Crippen molar-refractivity contribution in [2.45, 2.75) is 43.9 Å². The van der Waals surface area contributed by atoms with Crippen LogP contribution < -0.4 is 5.32 Å².